The molecule has 3 aromatic rings. The summed E-state index contributed by atoms with van der Waals surface area (Å²) < 4.78 is 2.04. The SMILES string of the molecule is CCCN(CCC)C(=O)Cn1c([C@H]2CC(=O)N(c3ccc(CC)cc3)C2)nc2ccccc21. The van der Waals surface area contributed by atoms with Crippen molar-refractivity contribution in [2.24, 2.45) is 0 Å². The Kier molecular flexibility index (Phi) is 7.11. The molecule has 1 fully saturated rings. The van der Waals surface area contributed by atoms with Crippen molar-refractivity contribution in [3.63, 3.8) is 0 Å². The first-order valence-electron chi connectivity index (χ1n) is 12.2. The van der Waals surface area contributed by atoms with Gasteiger partial charge in [-0.2, -0.15) is 0 Å². The van der Waals surface area contributed by atoms with Crippen molar-refractivity contribution in [1.29, 1.82) is 0 Å². The number of aryl methyl sites for hydroxylation is 1. The summed E-state index contributed by atoms with van der Waals surface area (Å²) in [4.78, 5) is 34.9. The van der Waals surface area contributed by atoms with Gasteiger partial charge in [-0.15, -0.1) is 0 Å². The van der Waals surface area contributed by atoms with Gasteiger partial charge >= 0.3 is 0 Å². The first-order valence-corrected chi connectivity index (χ1v) is 12.2. The van der Waals surface area contributed by atoms with Crippen LogP contribution in [0, 0.1) is 0 Å². The van der Waals surface area contributed by atoms with E-state index >= 15 is 0 Å². The molecule has 1 aromatic heterocycles. The first-order chi connectivity index (χ1) is 16.0. The van der Waals surface area contributed by atoms with Crippen molar-refractivity contribution in [2.45, 2.75) is 58.9 Å². The molecular weight excluding hydrogens is 412 g/mol. The van der Waals surface area contributed by atoms with Gasteiger partial charge in [0.1, 0.15) is 12.4 Å². The Morgan fingerprint density at radius 3 is 2.39 bits per heavy atom. The Hall–Kier alpha value is -3.15. The fraction of sp³-hybridized carbons (Fsp3) is 0.444. The lowest BCUT2D eigenvalue weighted by molar-refractivity contribution is -0.131. The number of anilines is 1. The molecule has 2 amide bonds. The second-order valence-electron chi connectivity index (χ2n) is 8.85. The van der Waals surface area contributed by atoms with Crippen LogP contribution in [0.15, 0.2) is 48.5 Å². The fourth-order valence-electron chi connectivity index (χ4n) is 4.75. The van der Waals surface area contributed by atoms with Crippen LogP contribution in [-0.4, -0.2) is 45.9 Å². The maximum atomic E-state index is 13.2. The summed E-state index contributed by atoms with van der Waals surface area (Å²) >= 11 is 0. The molecule has 6 heteroatoms. The molecule has 0 radical (unpaired) electrons. The molecule has 0 N–H and O–H groups in total. The van der Waals surface area contributed by atoms with Crippen molar-refractivity contribution in [2.75, 3.05) is 24.5 Å². The number of carbonyl (C=O) groups excluding carboxylic acids is 2. The average molecular weight is 447 g/mol. The van der Waals surface area contributed by atoms with Crippen LogP contribution in [0.4, 0.5) is 5.69 Å². The van der Waals surface area contributed by atoms with E-state index in [1.807, 2.05) is 50.8 Å². The standard InChI is InChI=1S/C27H34N4O2/c1-4-15-29(16-5-2)26(33)19-31-24-10-8-7-9-23(24)28-27(31)21-17-25(32)30(18-21)22-13-11-20(6-3)12-14-22/h7-14,21H,4-6,15-19H2,1-3H3/t21-/m0/s1. The van der Waals surface area contributed by atoms with Crippen molar-refractivity contribution >= 4 is 28.5 Å². The molecule has 1 aliphatic heterocycles. The van der Waals surface area contributed by atoms with Crippen LogP contribution < -0.4 is 4.90 Å². The summed E-state index contributed by atoms with van der Waals surface area (Å²) in [6.07, 6.45) is 3.25. The van der Waals surface area contributed by atoms with Gasteiger partial charge in [0.15, 0.2) is 0 Å². The molecule has 4 rings (SSSR count). The lowest BCUT2D eigenvalue weighted by Gasteiger charge is -2.23. The van der Waals surface area contributed by atoms with Crippen molar-refractivity contribution in [3.8, 4) is 0 Å². The van der Waals surface area contributed by atoms with Crippen LogP contribution in [-0.2, 0) is 22.6 Å². The third kappa shape index (κ3) is 4.80. The summed E-state index contributed by atoms with van der Waals surface area (Å²) in [6, 6.07) is 16.2. The van der Waals surface area contributed by atoms with Crippen LogP contribution in [0.1, 0.15) is 57.3 Å². The molecule has 6 nitrogen and oxygen atoms in total. The predicted molar refractivity (Wildman–Crippen MR) is 132 cm³/mol. The number of aromatic nitrogens is 2. The summed E-state index contributed by atoms with van der Waals surface area (Å²) in [5, 5.41) is 0. The van der Waals surface area contributed by atoms with Crippen LogP contribution in [0.2, 0.25) is 0 Å². The highest BCUT2D eigenvalue weighted by atomic mass is 16.2. The van der Waals surface area contributed by atoms with E-state index in [1.54, 1.807) is 0 Å². The first kappa shape index (κ1) is 23.0. The van der Waals surface area contributed by atoms with E-state index in [-0.39, 0.29) is 24.3 Å². The topological polar surface area (TPSA) is 58.4 Å². The molecule has 33 heavy (non-hydrogen) atoms. The zero-order valence-corrected chi connectivity index (χ0v) is 20.0. The number of nitrogens with zero attached hydrogens (tertiary/aromatic N) is 4. The molecule has 0 spiro atoms. The molecule has 2 heterocycles. The van der Waals surface area contributed by atoms with Crippen molar-refractivity contribution in [1.82, 2.24) is 14.5 Å². The summed E-state index contributed by atoms with van der Waals surface area (Å²) in [6.45, 7) is 8.68. The number of rotatable bonds is 9. The molecule has 1 atom stereocenters. The highest BCUT2D eigenvalue weighted by Gasteiger charge is 2.35. The average Bonchev–Trinajstić information content (AvgIpc) is 3.39. The number of carbonyl (C=O) groups is 2. The fourth-order valence-corrected chi connectivity index (χ4v) is 4.75. The minimum Gasteiger partial charge on any atom is -0.341 e. The van der Waals surface area contributed by atoms with Gasteiger partial charge in [0.2, 0.25) is 11.8 Å². The van der Waals surface area contributed by atoms with Gasteiger partial charge < -0.3 is 14.4 Å². The number of fused-ring (bicyclic) bond motifs is 1. The Bertz CT molecular complexity index is 1110. The zero-order valence-electron chi connectivity index (χ0n) is 20.0. The molecule has 0 aliphatic carbocycles. The number of hydrogen-bond acceptors (Lipinski definition) is 3. The highest BCUT2D eigenvalue weighted by Crippen LogP contribution is 2.33. The largest absolute Gasteiger partial charge is 0.341 e. The van der Waals surface area contributed by atoms with Gasteiger partial charge in [-0.1, -0.05) is 45.0 Å². The van der Waals surface area contributed by atoms with Gasteiger partial charge in [0, 0.05) is 37.7 Å². The minimum atomic E-state index is -0.0469. The third-order valence-corrected chi connectivity index (χ3v) is 6.46. The molecule has 1 saturated heterocycles. The molecule has 1 aliphatic rings. The lowest BCUT2D eigenvalue weighted by Crippen LogP contribution is -2.35. The Morgan fingerprint density at radius 1 is 1.03 bits per heavy atom. The van der Waals surface area contributed by atoms with Crippen LogP contribution in [0.25, 0.3) is 11.0 Å². The van der Waals surface area contributed by atoms with Crippen LogP contribution in [0.3, 0.4) is 0 Å². The van der Waals surface area contributed by atoms with E-state index in [4.69, 9.17) is 4.98 Å². The highest BCUT2D eigenvalue weighted by molar-refractivity contribution is 5.96. The van der Waals surface area contributed by atoms with Gasteiger partial charge in [0.05, 0.1) is 11.0 Å². The van der Waals surface area contributed by atoms with Crippen molar-refractivity contribution in [3.05, 3.63) is 59.9 Å². The maximum absolute atomic E-state index is 13.2. The van der Waals surface area contributed by atoms with E-state index in [0.29, 0.717) is 13.0 Å². The summed E-state index contributed by atoms with van der Waals surface area (Å²) in [5.41, 5.74) is 4.00. The number of benzene rings is 2. The lowest BCUT2D eigenvalue weighted by atomic mass is 10.1. The van der Waals surface area contributed by atoms with Crippen LogP contribution in [0.5, 0.6) is 0 Å². The number of amides is 2. The normalized spacial score (nSPS) is 16.0. The molecular formula is C27H34N4O2. The van der Waals surface area contributed by atoms with Gasteiger partial charge in [-0.05, 0) is 49.1 Å². The monoisotopic (exact) mass is 446 g/mol. The van der Waals surface area contributed by atoms with Crippen LogP contribution >= 0.6 is 0 Å². The second kappa shape index (κ2) is 10.2. The third-order valence-electron chi connectivity index (χ3n) is 6.46. The smallest absolute Gasteiger partial charge is 0.242 e. The van der Waals surface area contributed by atoms with Gasteiger partial charge in [-0.25, -0.2) is 4.98 Å². The molecule has 0 unspecified atom stereocenters. The Balaban J connectivity index is 1.63. The van der Waals surface area contributed by atoms with Gasteiger partial charge in [-0.3, -0.25) is 9.59 Å². The summed E-state index contributed by atoms with van der Waals surface area (Å²) in [5.74, 6) is 1.00. The zero-order chi connectivity index (χ0) is 23.4. The van der Waals surface area contributed by atoms with E-state index in [1.165, 1.54) is 5.56 Å². The van der Waals surface area contributed by atoms with Crippen molar-refractivity contribution < 1.29 is 9.59 Å². The quantitative estimate of drug-likeness (QED) is 0.476. The molecule has 2 aromatic carbocycles. The summed E-state index contributed by atoms with van der Waals surface area (Å²) in [7, 11) is 0. The molecule has 0 bridgehead atoms. The Labute approximate surface area is 196 Å². The number of imidazole rings is 1. The second-order valence-corrected chi connectivity index (χ2v) is 8.85. The van der Waals surface area contributed by atoms with Gasteiger partial charge in [0.25, 0.3) is 0 Å². The van der Waals surface area contributed by atoms with E-state index in [2.05, 4.69) is 32.9 Å². The molecule has 174 valence electrons. The molecule has 0 saturated carbocycles. The number of para-hydroxylation sites is 2. The Morgan fingerprint density at radius 2 is 1.73 bits per heavy atom. The number of hydrogen-bond donors (Lipinski definition) is 0. The minimum absolute atomic E-state index is 0.0469. The maximum Gasteiger partial charge on any atom is 0.242 e. The van der Waals surface area contributed by atoms with E-state index < -0.39 is 0 Å². The van der Waals surface area contributed by atoms with E-state index in [9.17, 15) is 9.59 Å². The predicted octanol–water partition coefficient (Wildman–Crippen LogP) is 4.77. The van der Waals surface area contributed by atoms with E-state index in [0.717, 1.165) is 54.9 Å².